The van der Waals surface area contributed by atoms with Gasteiger partial charge in [0.05, 0.1) is 24.7 Å². The van der Waals surface area contributed by atoms with E-state index in [1.54, 1.807) is 20.4 Å². The van der Waals surface area contributed by atoms with Gasteiger partial charge in [-0.05, 0) is 31.5 Å². The van der Waals surface area contributed by atoms with E-state index in [-0.39, 0.29) is 10.6 Å². The molecule has 8 heteroatoms. The highest BCUT2D eigenvalue weighted by Gasteiger charge is 2.19. The molecule has 1 aliphatic rings. The van der Waals surface area contributed by atoms with Crippen LogP contribution in [0.4, 0.5) is 11.4 Å². The Hall–Kier alpha value is -2.25. The largest absolute Gasteiger partial charge is 0.495 e. The van der Waals surface area contributed by atoms with E-state index in [1.807, 2.05) is 12.1 Å². The third-order valence-corrected chi connectivity index (χ3v) is 5.46. The van der Waals surface area contributed by atoms with Crippen molar-refractivity contribution in [3.05, 3.63) is 45.8 Å². The maximum atomic E-state index is 11.8. The van der Waals surface area contributed by atoms with E-state index in [1.165, 1.54) is 10.4 Å². The summed E-state index contributed by atoms with van der Waals surface area (Å²) in [7, 11) is 3.31. The molecule has 0 amide bonds. The molecule has 1 aliphatic heterocycles. The standard InChI is InChI=1S/C20H28ClN5O2/c1-24-20(27)19(21)16(15-23-24)22-9-5-6-10-25-11-13-26(14-12-25)17-7-3-4-8-18(17)28-2/h3-4,7-8,15,22H,5-6,9-14H2,1-2H3. The molecule has 0 radical (unpaired) electrons. The minimum absolute atomic E-state index is 0.199. The van der Waals surface area contributed by atoms with Gasteiger partial charge in [-0.15, -0.1) is 0 Å². The maximum absolute atomic E-state index is 11.8. The fourth-order valence-electron chi connectivity index (χ4n) is 3.42. The van der Waals surface area contributed by atoms with Crippen molar-refractivity contribution >= 4 is 23.0 Å². The summed E-state index contributed by atoms with van der Waals surface area (Å²) in [4.78, 5) is 16.7. The first kappa shape index (κ1) is 20.5. The van der Waals surface area contributed by atoms with Crippen molar-refractivity contribution in [1.82, 2.24) is 14.7 Å². The highest BCUT2D eigenvalue weighted by Crippen LogP contribution is 2.28. The number of nitrogens with one attached hydrogen (secondary N) is 1. The summed E-state index contributed by atoms with van der Waals surface area (Å²) in [5.41, 5.74) is 1.50. The van der Waals surface area contributed by atoms with Crippen LogP contribution in [-0.2, 0) is 7.05 Å². The summed E-state index contributed by atoms with van der Waals surface area (Å²) in [6, 6.07) is 8.20. The number of para-hydroxylation sites is 2. The molecule has 0 saturated carbocycles. The molecule has 2 aromatic rings. The quantitative estimate of drug-likeness (QED) is 0.681. The van der Waals surface area contributed by atoms with Crippen molar-refractivity contribution in [1.29, 1.82) is 0 Å². The number of aromatic nitrogens is 2. The molecule has 1 fully saturated rings. The molecule has 7 nitrogen and oxygen atoms in total. The zero-order chi connectivity index (χ0) is 19.9. The smallest absolute Gasteiger partial charge is 0.287 e. The van der Waals surface area contributed by atoms with Gasteiger partial charge in [-0.3, -0.25) is 9.69 Å². The lowest BCUT2D eigenvalue weighted by atomic mass is 10.2. The maximum Gasteiger partial charge on any atom is 0.287 e. The Kier molecular flexibility index (Phi) is 7.17. The Balaban J connectivity index is 1.37. The molecule has 1 saturated heterocycles. The molecule has 1 aromatic heterocycles. The lowest BCUT2D eigenvalue weighted by Gasteiger charge is -2.36. The Morgan fingerprint density at radius 1 is 1.18 bits per heavy atom. The highest BCUT2D eigenvalue weighted by molar-refractivity contribution is 6.32. The summed E-state index contributed by atoms with van der Waals surface area (Å²) in [5.74, 6) is 0.936. The molecule has 0 aliphatic carbocycles. The third-order valence-electron chi connectivity index (χ3n) is 5.09. The molecule has 28 heavy (non-hydrogen) atoms. The number of halogens is 1. The normalized spacial score (nSPS) is 14.9. The van der Waals surface area contributed by atoms with Crippen molar-refractivity contribution in [2.24, 2.45) is 7.05 Å². The molecule has 1 N–H and O–H groups in total. The van der Waals surface area contributed by atoms with Crippen LogP contribution in [0, 0.1) is 0 Å². The number of anilines is 2. The van der Waals surface area contributed by atoms with Crippen LogP contribution < -0.4 is 20.5 Å². The van der Waals surface area contributed by atoms with E-state index in [4.69, 9.17) is 16.3 Å². The van der Waals surface area contributed by atoms with Crippen molar-refractivity contribution in [2.75, 3.05) is 56.6 Å². The summed E-state index contributed by atoms with van der Waals surface area (Å²) in [6.07, 6.45) is 3.70. The van der Waals surface area contributed by atoms with Crippen molar-refractivity contribution in [3.8, 4) is 5.75 Å². The van der Waals surface area contributed by atoms with Gasteiger partial charge in [0, 0.05) is 39.8 Å². The third kappa shape index (κ3) is 4.97. The molecule has 3 rings (SSSR count). The number of hydrogen-bond acceptors (Lipinski definition) is 6. The Morgan fingerprint density at radius 2 is 1.93 bits per heavy atom. The molecular formula is C20H28ClN5O2. The minimum atomic E-state index is -0.278. The summed E-state index contributed by atoms with van der Waals surface area (Å²) in [5, 5.41) is 7.40. The molecule has 0 atom stereocenters. The number of rotatable bonds is 8. The monoisotopic (exact) mass is 405 g/mol. The second kappa shape index (κ2) is 9.80. The first-order valence-electron chi connectivity index (χ1n) is 9.66. The Labute approximate surface area is 170 Å². The minimum Gasteiger partial charge on any atom is -0.495 e. The van der Waals surface area contributed by atoms with Crippen LogP contribution in [0.5, 0.6) is 5.75 Å². The summed E-state index contributed by atoms with van der Waals surface area (Å²) in [6.45, 7) is 5.96. The van der Waals surface area contributed by atoms with E-state index in [0.717, 1.165) is 57.9 Å². The van der Waals surface area contributed by atoms with Gasteiger partial charge < -0.3 is 15.0 Å². The zero-order valence-electron chi connectivity index (χ0n) is 16.5. The number of methoxy groups -OCH3 is 1. The number of unbranched alkanes of at least 4 members (excludes halogenated alkanes) is 1. The fourth-order valence-corrected chi connectivity index (χ4v) is 3.66. The fraction of sp³-hybridized carbons (Fsp3) is 0.500. The van der Waals surface area contributed by atoms with Crippen LogP contribution in [0.3, 0.4) is 0 Å². The van der Waals surface area contributed by atoms with Gasteiger partial charge in [0.2, 0.25) is 0 Å². The molecule has 0 bridgehead atoms. The van der Waals surface area contributed by atoms with Gasteiger partial charge in [-0.25, -0.2) is 4.68 Å². The highest BCUT2D eigenvalue weighted by atomic mass is 35.5. The SMILES string of the molecule is COc1ccccc1N1CCN(CCCCNc2cnn(C)c(=O)c2Cl)CC1. The van der Waals surface area contributed by atoms with E-state index in [2.05, 4.69) is 32.3 Å². The lowest BCUT2D eigenvalue weighted by Crippen LogP contribution is -2.46. The van der Waals surface area contributed by atoms with Crippen molar-refractivity contribution in [3.63, 3.8) is 0 Å². The van der Waals surface area contributed by atoms with Crippen LogP contribution in [-0.4, -0.2) is 61.1 Å². The molecular weight excluding hydrogens is 378 g/mol. The number of benzene rings is 1. The van der Waals surface area contributed by atoms with Crippen LogP contribution in [0.1, 0.15) is 12.8 Å². The van der Waals surface area contributed by atoms with Crippen LogP contribution in [0.2, 0.25) is 5.02 Å². The lowest BCUT2D eigenvalue weighted by molar-refractivity contribution is 0.253. The Bertz CT molecular complexity index is 834. The predicted octanol–water partition coefficient (Wildman–Crippen LogP) is 2.46. The molecule has 0 spiro atoms. The van der Waals surface area contributed by atoms with Gasteiger partial charge in [0.1, 0.15) is 10.8 Å². The predicted molar refractivity (Wildman–Crippen MR) is 114 cm³/mol. The number of aryl methyl sites for hydroxylation is 1. The van der Waals surface area contributed by atoms with Crippen LogP contribution >= 0.6 is 11.6 Å². The molecule has 2 heterocycles. The van der Waals surface area contributed by atoms with Gasteiger partial charge in [0.15, 0.2) is 0 Å². The second-order valence-electron chi connectivity index (χ2n) is 6.94. The average Bonchev–Trinajstić information content (AvgIpc) is 2.73. The summed E-state index contributed by atoms with van der Waals surface area (Å²) >= 11 is 6.06. The number of piperazine rings is 1. The Morgan fingerprint density at radius 3 is 2.68 bits per heavy atom. The van der Waals surface area contributed by atoms with Crippen molar-refractivity contribution < 1.29 is 4.74 Å². The first-order chi connectivity index (χ1) is 13.6. The van der Waals surface area contributed by atoms with Gasteiger partial charge in [0.25, 0.3) is 5.56 Å². The first-order valence-corrected chi connectivity index (χ1v) is 10.0. The number of ether oxygens (including phenoxy) is 1. The van der Waals surface area contributed by atoms with Crippen molar-refractivity contribution in [2.45, 2.75) is 12.8 Å². The summed E-state index contributed by atoms with van der Waals surface area (Å²) < 4.78 is 6.71. The second-order valence-corrected chi connectivity index (χ2v) is 7.31. The van der Waals surface area contributed by atoms with Crippen LogP contribution in [0.15, 0.2) is 35.3 Å². The van der Waals surface area contributed by atoms with E-state index >= 15 is 0 Å². The number of hydrogen-bond donors (Lipinski definition) is 1. The van der Waals surface area contributed by atoms with E-state index in [0.29, 0.717) is 5.69 Å². The topological polar surface area (TPSA) is 62.6 Å². The van der Waals surface area contributed by atoms with Gasteiger partial charge in [-0.2, -0.15) is 5.10 Å². The van der Waals surface area contributed by atoms with Gasteiger partial charge in [-0.1, -0.05) is 23.7 Å². The molecule has 0 unspecified atom stereocenters. The van der Waals surface area contributed by atoms with Gasteiger partial charge >= 0.3 is 0 Å². The number of nitrogens with zero attached hydrogens (tertiary/aromatic N) is 4. The zero-order valence-corrected chi connectivity index (χ0v) is 17.3. The van der Waals surface area contributed by atoms with E-state index in [9.17, 15) is 4.79 Å². The van der Waals surface area contributed by atoms with E-state index < -0.39 is 0 Å². The molecule has 152 valence electrons. The average molecular weight is 406 g/mol. The molecule has 1 aromatic carbocycles. The van der Waals surface area contributed by atoms with Crippen LogP contribution in [0.25, 0.3) is 0 Å².